The molecule has 8 aromatic rings. The molecule has 0 spiro atoms. The summed E-state index contributed by atoms with van der Waals surface area (Å²) >= 11 is 0. The SMILES string of the molecule is CC12CCCCC1(C)N(c1ccccc1)c1ccc(-c3ccc4c(c3)-c3cc(-c5ccc6c(c5)C5(C)CCCCC5(C)N6c5ccccc5)ccc3C4(c3ccccc3)c3ccccc3)cc12. The lowest BCUT2D eigenvalue weighted by Crippen LogP contribution is -2.54. The zero-order valence-corrected chi connectivity index (χ0v) is 39.5. The quantitative estimate of drug-likeness (QED) is 0.164. The minimum absolute atomic E-state index is 0.0101. The molecule has 4 unspecified atom stereocenters. The van der Waals surface area contributed by atoms with Crippen LogP contribution in [-0.4, -0.2) is 11.1 Å². The van der Waals surface area contributed by atoms with Gasteiger partial charge in [0.25, 0.3) is 0 Å². The van der Waals surface area contributed by atoms with Crippen LogP contribution in [0.4, 0.5) is 22.7 Å². The molecule has 0 bridgehead atoms. The predicted molar refractivity (Wildman–Crippen MR) is 280 cm³/mol. The lowest BCUT2D eigenvalue weighted by molar-refractivity contribution is 0.195. The van der Waals surface area contributed by atoms with Crippen LogP contribution in [0.25, 0.3) is 33.4 Å². The van der Waals surface area contributed by atoms with E-state index in [1.807, 2.05) is 0 Å². The van der Waals surface area contributed by atoms with E-state index in [1.165, 1.54) is 141 Å². The van der Waals surface area contributed by atoms with Crippen LogP contribution in [0.15, 0.2) is 194 Å². The lowest BCUT2D eigenvalue weighted by Gasteiger charge is -2.50. The topological polar surface area (TPSA) is 6.48 Å². The number of hydrogen-bond acceptors (Lipinski definition) is 2. The van der Waals surface area contributed by atoms with Gasteiger partial charge in [-0.15, -0.1) is 0 Å². The molecule has 0 aromatic heterocycles. The molecule has 330 valence electrons. The van der Waals surface area contributed by atoms with Gasteiger partial charge in [0.05, 0.1) is 16.5 Å². The Morgan fingerprint density at radius 3 is 1.07 bits per heavy atom. The summed E-state index contributed by atoms with van der Waals surface area (Å²) < 4.78 is 0. The van der Waals surface area contributed by atoms with E-state index in [4.69, 9.17) is 0 Å². The second-order valence-electron chi connectivity index (χ2n) is 21.4. The van der Waals surface area contributed by atoms with Gasteiger partial charge in [0.1, 0.15) is 0 Å². The number of benzene rings is 8. The van der Waals surface area contributed by atoms with Crippen molar-refractivity contribution < 1.29 is 0 Å². The van der Waals surface area contributed by atoms with Crippen molar-refractivity contribution in [3.63, 3.8) is 0 Å². The molecule has 2 aliphatic heterocycles. The molecule has 0 saturated heterocycles. The van der Waals surface area contributed by atoms with Crippen molar-refractivity contribution in [2.75, 3.05) is 9.80 Å². The van der Waals surface area contributed by atoms with Crippen molar-refractivity contribution in [1.29, 1.82) is 0 Å². The summed E-state index contributed by atoms with van der Waals surface area (Å²) in [6, 6.07) is 74.5. The van der Waals surface area contributed by atoms with Gasteiger partial charge in [0.15, 0.2) is 0 Å². The molecular weight excluding hydrogens is 809 g/mol. The van der Waals surface area contributed by atoms with E-state index in [-0.39, 0.29) is 21.9 Å². The van der Waals surface area contributed by atoms with Crippen LogP contribution in [0, 0.1) is 0 Å². The molecule has 4 atom stereocenters. The number of para-hydroxylation sites is 2. The summed E-state index contributed by atoms with van der Waals surface area (Å²) in [5.41, 5.74) is 21.0. The first-order valence-electron chi connectivity index (χ1n) is 25.1. The van der Waals surface area contributed by atoms with Gasteiger partial charge in [0.2, 0.25) is 0 Å². The molecule has 0 N–H and O–H groups in total. The molecule has 3 aliphatic carbocycles. The van der Waals surface area contributed by atoms with E-state index in [2.05, 4.69) is 232 Å². The Hall–Kier alpha value is -6.64. The van der Waals surface area contributed by atoms with Gasteiger partial charge in [-0.2, -0.15) is 0 Å². The fraction of sp³-hybridized carbons (Fsp3) is 0.262. The van der Waals surface area contributed by atoms with Gasteiger partial charge in [-0.3, -0.25) is 0 Å². The van der Waals surface area contributed by atoms with Gasteiger partial charge in [0, 0.05) is 33.6 Å². The molecule has 0 radical (unpaired) electrons. The van der Waals surface area contributed by atoms with Crippen LogP contribution in [0.3, 0.4) is 0 Å². The Bertz CT molecular complexity index is 2990. The zero-order valence-electron chi connectivity index (χ0n) is 39.5. The van der Waals surface area contributed by atoms with Crippen LogP contribution in [0.1, 0.15) is 112 Å². The van der Waals surface area contributed by atoms with Gasteiger partial charge in [-0.05, 0) is 167 Å². The van der Waals surface area contributed by atoms with Crippen molar-refractivity contribution in [3.05, 3.63) is 228 Å². The molecule has 2 saturated carbocycles. The second-order valence-corrected chi connectivity index (χ2v) is 21.4. The smallest absolute Gasteiger partial charge is 0.0713 e. The predicted octanol–water partition coefficient (Wildman–Crippen LogP) is 16.9. The third kappa shape index (κ3) is 5.45. The van der Waals surface area contributed by atoms with Gasteiger partial charge in [-0.25, -0.2) is 0 Å². The van der Waals surface area contributed by atoms with Crippen molar-refractivity contribution in [2.24, 2.45) is 0 Å². The van der Waals surface area contributed by atoms with Crippen LogP contribution in [0.2, 0.25) is 0 Å². The van der Waals surface area contributed by atoms with E-state index >= 15 is 0 Å². The first-order valence-corrected chi connectivity index (χ1v) is 25.1. The summed E-state index contributed by atoms with van der Waals surface area (Å²) in [4.78, 5) is 5.38. The Morgan fingerprint density at radius 2 is 0.672 bits per heavy atom. The molecule has 2 nitrogen and oxygen atoms in total. The van der Waals surface area contributed by atoms with Crippen molar-refractivity contribution in [3.8, 4) is 33.4 Å². The third-order valence-electron chi connectivity index (χ3n) is 18.5. The maximum absolute atomic E-state index is 2.69. The molecule has 8 aromatic carbocycles. The molecule has 13 rings (SSSR count). The summed E-state index contributed by atoms with van der Waals surface area (Å²) in [6.45, 7) is 10.2. The molecule has 67 heavy (non-hydrogen) atoms. The van der Waals surface area contributed by atoms with Crippen LogP contribution in [-0.2, 0) is 16.2 Å². The maximum atomic E-state index is 2.69. The van der Waals surface area contributed by atoms with Gasteiger partial charge in [-0.1, -0.05) is 173 Å². The largest absolute Gasteiger partial charge is 0.334 e. The highest BCUT2D eigenvalue weighted by Gasteiger charge is 2.59. The zero-order chi connectivity index (χ0) is 45.2. The average Bonchev–Trinajstić information content (AvgIpc) is 3.87. The highest BCUT2D eigenvalue weighted by Crippen LogP contribution is 2.64. The van der Waals surface area contributed by atoms with E-state index in [9.17, 15) is 0 Å². The summed E-state index contributed by atoms with van der Waals surface area (Å²) in [5, 5.41) is 0. The van der Waals surface area contributed by atoms with Crippen molar-refractivity contribution in [2.45, 2.75) is 106 Å². The minimum Gasteiger partial charge on any atom is -0.334 e. The van der Waals surface area contributed by atoms with Crippen LogP contribution in [0.5, 0.6) is 0 Å². The molecule has 2 heterocycles. The second kappa shape index (κ2) is 14.7. The summed E-state index contributed by atoms with van der Waals surface area (Å²) in [7, 11) is 0. The Morgan fingerprint density at radius 1 is 0.328 bits per heavy atom. The first kappa shape index (κ1) is 40.6. The molecule has 2 heteroatoms. The standard InChI is InChI=1S/C65H60N2/c1-61-37-17-19-39-63(61,3)66(51-25-13-7-14-26-51)59-35-31-47(43-57(59)61)45-29-33-55-53(41-45)54-42-46(30-34-56(54)65(55,49-21-9-5-10-22-49)50-23-11-6-12-24-50)48-32-36-60-58(44-48)62(2)38-18-20-40-64(62,4)67(60)52-27-15-8-16-28-52/h5-16,21-36,41-44H,17-20,37-40H2,1-4H3. The monoisotopic (exact) mass is 868 g/mol. The molecule has 0 amide bonds. The van der Waals surface area contributed by atoms with E-state index in [0.29, 0.717) is 0 Å². The highest BCUT2D eigenvalue weighted by molar-refractivity contribution is 5.92. The Balaban J connectivity index is 0.996. The van der Waals surface area contributed by atoms with Crippen molar-refractivity contribution in [1.82, 2.24) is 0 Å². The lowest BCUT2D eigenvalue weighted by atomic mass is 9.61. The molecular formula is C65H60N2. The van der Waals surface area contributed by atoms with Gasteiger partial charge < -0.3 is 9.80 Å². The van der Waals surface area contributed by atoms with Crippen molar-refractivity contribution >= 4 is 22.7 Å². The highest BCUT2D eigenvalue weighted by atomic mass is 15.3. The first-order chi connectivity index (χ1) is 32.7. The van der Waals surface area contributed by atoms with E-state index in [0.717, 1.165) is 0 Å². The number of fused-ring (bicyclic) bond motifs is 9. The van der Waals surface area contributed by atoms with Crippen LogP contribution >= 0.6 is 0 Å². The fourth-order valence-corrected chi connectivity index (χ4v) is 14.6. The number of hydrogen-bond donors (Lipinski definition) is 0. The Kier molecular flexibility index (Phi) is 8.90. The van der Waals surface area contributed by atoms with E-state index in [1.54, 1.807) is 0 Å². The fourth-order valence-electron chi connectivity index (χ4n) is 14.6. The summed E-state index contributed by atoms with van der Waals surface area (Å²) in [5.74, 6) is 0. The number of anilines is 4. The third-order valence-corrected chi connectivity index (χ3v) is 18.5. The van der Waals surface area contributed by atoms with E-state index < -0.39 is 5.41 Å². The normalized spacial score (nSPS) is 25.1. The Labute approximate surface area is 398 Å². The average molecular weight is 869 g/mol. The molecule has 5 aliphatic rings. The van der Waals surface area contributed by atoms with Gasteiger partial charge >= 0.3 is 0 Å². The minimum atomic E-state index is -0.471. The number of nitrogens with zero attached hydrogens (tertiary/aromatic N) is 2. The maximum Gasteiger partial charge on any atom is 0.0713 e. The van der Waals surface area contributed by atoms with Crippen LogP contribution < -0.4 is 9.80 Å². The molecule has 2 fully saturated rings. The number of rotatable bonds is 6. The summed E-state index contributed by atoms with van der Waals surface area (Å²) in [6.07, 6.45) is 9.85.